The SMILES string of the molecule is O=C(Nc1ccncc1)[C@@H]1COc2ccccc2O1. The smallest absolute Gasteiger partial charge is 0.269 e. The van der Waals surface area contributed by atoms with E-state index in [1.807, 2.05) is 18.2 Å². The van der Waals surface area contributed by atoms with Crippen LogP contribution in [0.4, 0.5) is 5.69 Å². The van der Waals surface area contributed by atoms with Crippen LogP contribution in [0.1, 0.15) is 0 Å². The van der Waals surface area contributed by atoms with Crippen molar-refractivity contribution in [1.82, 2.24) is 4.98 Å². The van der Waals surface area contributed by atoms with Crippen molar-refractivity contribution >= 4 is 11.6 Å². The standard InChI is InChI=1S/C14H12N2O3/c17-14(16-10-5-7-15-8-6-10)13-9-18-11-3-1-2-4-12(11)19-13/h1-8,13H,9H2,(H,15,16,17)/t13-/m0/s1. The van der Waals surface area contributed by atoms with Crippen LogP contribution in [0.25, 0.3) is 0 Å². The molecule has 5 nitrogen and oxygen atoms in total. The van der Waals surface area contributed by atoms with E-state index >= 15 is 0 Å². The summed E-state index contributed by atoms with van der Waals surface area (Å²) in [7, 11) is 0. The largest absolute Gasteiger partial charge is 0.485 e. The summed E-state index contributed by atoms with van der Waals surface area (Å²) in [5, 5.41) is 2.76. The zero-order valence-corrected chi connectivity index (χ0v) is 10.1. The van der Waals surface area contributed by atoms with Gasteiger partial charge < -0.3 is 14.8 Å². The molecule has 0 spiro atoms. The maximum Gasteiger partial charge on any atom is 0.269 e. The van der Waals surface area contributed by atoms with Crippen molar-refractivity contribution in [1.29, 1.82) is 0 Å². The van der Waals surface area contributed by atoms with Gasteiger partial charge in [0, 0.05) is 18.1 Å². The fraction of sp³-hybridized carbons (Fsp3) is 0.143. The van der Waals surface area contributed by atoms with Crippen molar-refractivity contribution in [3.05, 3.63) is 48.8 Å². The number of carbonyl (C=O) groups is 1. The molecule has 2 heterocycles. The lowest BCUT2D eigenvalue weighted by atomic mass is 10.2. The molecule has 0 bridgehead atoms. The molecule has 1 amide bonds. The number of fused-ring (bicyclic) bond motifs is 1. The molecule has 1 aromatic carbocycles. The fourth-order valence-electron chi connectivity index (χ4n) is 1.81. The summed E-state index contributed by atoms with van der Waals surface area (Å²) in [4.78, 5) is 15.9. The van der Waals surface area contributed by atoms with E-state index in [2.05, 4.69) is 10.3 Å². The summed E-state index contributed by atoms with van der Waals surface area (Å²) in [5.74, 6) is 1.01. The molecule has 1 aromatic heterocycles. The first-order valence-electron chi connectivity index (χ1n) is 5.92. The Kier molecular flexibility index (Phi) is 3.02. The molecule has 0 radical (unpaired) electrons. The lowest BCUT2D eigenvalue weighted by molar-refractivity contribution is -0.125. The second-order valence-corrected chi connectivity index (χ2v) is 4.09. The van der Waals surface area contributed by atoms with Crippen molar-refractivity contribution in [2.24, 2.45) is 0 Å². The van der Waals surface area contributed by atoms with Crippen LogP contribution in [-0.4, -0.2) is 23.6 Å². The minimum atomic E-state index is -0.650. The van der Waals surface area contributed by atoms with Gasteiger partial charge in [-0.05, 0) is 24.3 Å². The Morgan fingerprint density at radius 3 is 2.68 bits per heavy atom. The molecule has 3 rings (SSSR count). The third-order valence-electron chi connectivity index (χ3n) is 2.75. The van der Waals surface area contributed by atoms with Gasteiger partial charge in [-0.25, -0.2) is 0 Å². The van der Waals surface area contributed by atoms with E-state index in [4.69, 9.17) is 9.47 Å². The zero-order chi connectivity index (χ0) is 13.1. The van der Waals surface area contributed by atoms with E-state index in [0.717, 1.165) is 0 Å². The number of nitrogens with one attached hydrogen (secondary N) is 1. The minimum Gasteiger partial charge on any atom is -0.485 e. The molecule has 1 aliphatic rings. The van der Waals surface area contributed by atoms with E-state index in [0.29, 0.717) is 17.2 Å². The summed E-state index contributed by atoms with van der Waals surface area (Å²) in [5.41, 5.74) is 0.683. The van der Waals surface area contributed by atoms with Gasteiger partial charge in [0.25, 0.3) is 5.91 Å². The van der Waals surface area contributed by atoms with Crippen LogP contribution in [0, 0.1) is 0 Å². The van der Waals surface area contributed by atoms with Crippen LogP contribution in [0.2, 0.25) is 0 Å². The van der Waals surface area contributed by atoms with Crippen molar-refractivity contribution in [3.8, 4) is 11.5 Å². The third-order valence-corrected chi connectivity index (χ3v) is 2.75. The highest BCUT2D eigenvalue weighted by Gasteiger charge is 2.27. The lowest BCUT2D eigenvalue weighted by Gasteiger charge is -2.25. The highest BCUT2D eigenvalue weighted by molar-refractivity contribution is 5.94. The summed E-state index contributed by atoms with van der Waals surface area (Å²) in [6.45, 7) is 0.202. The molecule has 0 unspecified atom stereocenters. The molecule has 0 saturated heterocycles. The van der Waals surface area contributed by atoms with E-state index in [-0.39, 0.29) is 12.5 Å². The third kappa shape index (κ3) is 2.49. The number of nitrogens with zero attached hydrogens (tertiary/aromatic N) is 1. The van der Waals surface area contributed by atoms with Crippen LogP contribution in [-0.2, 0) is 4.79 Å². The Labute approximate surface area is 110 Å². The maximum atomic E-state index is 12.0. The number of rotatable bonds is 2. The molecule has 0 saturated carbocycles. The first-order chi connectivity index (χ1) is 9.33. The number of benzene rings is 1. The van der Waals surface area contributed by atoms with Gasteiger partial charge in [-0.1, -0.05) is 12.1 Å². The number of amides is 1. The van der Waals surface area contributed by atoms with Gasteiger partial charge in [0.15, 0.2) is 11.5 Å². The van der Waals surface area contributed by atoms with Gasteiger partial charge in [-0.15, -0.1) is 0 Å². The number of anilines is 1. The van der Waals surface area contributed by atoms with E-state index in [1.165, 1.54) is 0 Å². The molecular weight excluding hydrogens is 244 g/mol. The van der Waals surface area contributed by atoms with Crippen LogP contribution in [0.5, 0.6) is 11.5 Å². The molecule has 5 heteroatoms. The monoisotopic (exact) mass is 256 g/mol. The number of pyridine rings is 1. The average molecular weight is 256 g/mol. The van der Waals surface area contributed by atoms with Crippen molar-refractivity contribution in [3.63, 3.8) is 0 Å². The van der Waals surface area contributed by atoms with Crippen LogP contribution >= 0.6 is 0 Å². The van der Waals surface area contributed by atoms with Crippen LogP contribution in [0.15, 0.2) is 48.8 Å². The molecule has 0 fully saturated rings. The Hall–Kier alpha value is -2.56. The number of aromatic nitrogens is 1. The van der Waals surface area contributed by atoms with E-state index in [9.17, 15) is 4.79 Å². The summed E-state index contributed by atoms with van der Waals surface area (Å²) in [6.07, 6.45) is 2.58. The maximum absolute atomic E-state index is 12.0. The number of carbonyl (C=O) groups excluding carboxylic acids is 1. The first kappa shape index (κ1) is 11.5. The second-order valence-electron chi connectivity index (χ2n) is 4.09. The molecule has 1 aliphatic heterocycles. The average Bonchev–Trinajstić information content (AvgIpc) is 2.48. The Balaban J connectivity index is 1.70. The van der Waals surface area contributed by atoms with Gasteiger partial charge in [0.1, 0.15) is 6.61 Å². The highest BCUT2D eigenvalue weighted by Crippen LogP contribution is 2.31. The van der Waals surface area contributed by atoms with Gasteiger partial charge >= 0.3 is 0 Å². The van der Waals surface area contributed by atoms with Crippen LogP contribution < -0.4 is 14.8 Å². The van der Waals surface area contributed by atoms with Crippen molar-refractivity contribution < 1.29 is 14.3 Å². The number of para-hydroxylation sites is 2. The predicted molar refractivity (Wildman–Crippen MR) is 69.2 cm³/mol. The first-order valence-corrected chi connectivity index (χ1v) is 5.92. The summed E-state index contributed by atoms with van der Waals surface area (Å²) in [6, 6.07) is 10.7. The van der Waals surface area contributed by atoms with Crippen LogP contribution in [0.3, 0.4) is 0 Å². The zero-order valence-electron chi connectivity index (χ0n) is 10.1. The van der Waals surface area contributed by atoms with E-state index < -0.39 is 6.10 Å². The van der Waals surface area contributed by atoms with E-state index in [1.54, 1.807) is 30.6 Å². The van der Waals surface area contributed by atoms with Gasteiger partial charge in [0.2, 0.25) is 6.10 Å². The van der Waals surface area contributed by atoms with Gasteiger partial charge in [0.05, 0.1) is 0 Å². The minimum absolute atomic E-state index is 0.202. The Morgan fingerprint density at radius 2 is 1.89 bits per heavy atom. The quantitative estimate of drug-likeness (QED) is 0.891. The molecule has 2 aromatic rings. The molecular formula is C14H12N2O3. The molecule has 96 valence electrons. The Bertz CT molecular complexity index is 586. The normalized spacial score (nSPS) is 16.7. The predicted octanol–water partition coefficient (Wildman–Crippen LogP) is 1.86. The number of hydrogen-bond donors (Lipinski definition) is 1. The topological polar surface area (TPSA) is 60.5 Å². The van der Waals surface area contributed by atoms with Crippen molar-refractivity contribution in [2.75, 3.05) is 11.9 Å². The summed E-state index contributed by atoms with van der Waals surface area (Å²) < 4.78 is 11.1. The molecule has 0 aliphatic carbocycles. The molecule has 1 atom stereocenters. The van der Waals surface area contributed by atoms with Crippen molar-refractivity contribution in [2.45, 2.75) is 6.10 Å². The second kappa shape index (κ2) is 4.97. The molecule has 19 heavy (non-hydrogen) atoms. The van der Waals surface area contributed by atoms with Gasteiger partial charge in [-0.2, -0.15) is 0 Å². The van der Waals surface area contributed by atoms with Gasteiger partial charge in [-0.3, -0.25) is 9.78 Å². The number of ether oxygens (including phenoxy) is 2. The lowest BCUT2D eigenvalue weighted by Crippen LogP contribution is -2.40. The summed E-state index contributed by atoms with van der Waals surface area (Å²) >= 11 is 0. The molecule has 1 N–H and O–H groups in total. The number of hydrogen-bond acceptors (Lipinski definition) is 4. The highest BCUT2D eigenvalue weighted by atomic mass is 16.6. The Morgan fingerprint density at radius 1 is 1.16 bits per heavy atom. The fourth-order valence-corrected chi connectivity index (χ4v) is 1.81.